The van der Waals surface area contributed by atoms with Gasteiger partial charge in [-0.05, 0) is 36.6 Å². The molecule has 1 amide bonds. The van der Waals surface area contributed by atoms with Gasteiger partial charge in [-0.2, -0.15) is 0 Å². The highest BCUT2D eigenvalue weighted by Crippen LogP contribution is 2.25. The summed E-state index contributed by atoms with van der Waals surface area (Å²) in [6.45, 7) is 2.72. The Balaban J connectivity index is 1.85. The van der Waals surface area contributed by atoms with Crippen molar-refractivity contribution in [3.63, 3.8) is 0 Å². The van der Waals surface area contributed by atoms with Crippen molar-refractivity contribution >= 4 is 28.9 Å². The van der Waals surface area contributed by atoms with Crippen LogP contribution in [0, 0.1) is 0 Å². The molecule has 0 radical (unpaired) electrons. The highest BCUT2D eigenvalue weighted by Gasteiger charge is 2.30. The zero-order valence-electron chi connectivity index (χ0n) is 13.6. The van der Waals surface area contributed by atoms with Gasteiger partial charge in [-0.25, -0.2) is 0 Å². The molecular weight excluding hydrogens is 355 g/mol. The molecule has 1 fully saturated rings. The van der Waals surface area contributed by atoms with E-state index in [9.17, 15) is 22.8 Å². The molecule has 4 nitrogen and oxygen atoms in total. The fourth-order valence-electron chi connectivity index (χ4n) is 2.48. The van der Waals surface area contributed by atoms with Crippen molar-refractivity contribution in [2.75, 3.05) is 13.1 Å². The summed E-state index contributed by atoms with van der Waals surface area (Å²) in [4.78, 5) is 24.9. The second-order valence-electron chi connectivity index (χ2n) is 5.58. The van der Waals surface area contributed by atoms with Crippen molar-refractivity contribution in [3.8, 4) is 5.75 Å². The maximum absolute atomic E-state index is 12.1. The first-order valence-electron chi connectivity index (χ1n) is 7.73. The molecule has 1 aromatic carbocycles. The first kappa shape index (κ1) is 19.4. The van der Waals surface area contributed by atoms with Gasteiger partial charge in [0.05, 0.1) is 0 Å². The minimum atomic E-state index is -4.72. The Morgan fingerprint density at radius 1 is 1.20 bits per heavy atom. The smallest absolute Gasteiger partial charge is 0.406 e. The lowest BCUT2D eigenvalue weighted by molar-refractivity contribution is -0.274. The van der Waals surface area contributed by atoms with Crippen LogP contribution in [-0.4, -0.2) is 40.6 Å². The van der Waals surface area contributed by atoms with Gasteiger partial charge in [0, 0.05) is 31.3 Å². The number of amides is 1. The van der Waals surface area contributed by atoms with E-state index in [4.69, 9.17) is 0 Å². The van der Waals surface area contributed by atoms with Crippen LogP contribution in [0.4, 0.5) is 13.2 Å². The number of piperidine rings is 1. The van der Waals surface area contributed by atoms with E-state index in [2.05, 4.69) is 4.74 Å². The Bertz CT molecular complexity index is 636. The second-order valence-corrected chi connectivity index (χ2v) is 7.06. The van der Waals surface area contributed by atoms with Crippen molar-refractivity contribution in [1.82, 2.24) is 4.90 Å². The largest absolute Gasteiger partial charge is 0.573 e. The van der Waals surface area contributed by atoms with Gasteiger partial charge in [0.15, 0.2) is 5.12 Å². The summed E-state index contributed by atoms with van der Waals surface area (Å²) in [6.07, 6.45) is -0.227. The fraction of sp³-hybridized carbons (Fsp3) is 0.412. The van der Waals surface area contributed by atoms with Gasteiger partial charge in [0.1, 0.15) is 5.75 Å². The molecule has 1 aliphatic heterocycles. The molecule has 8 heteroatoms. The van der Waals surface area contributed by atoms with E-state index in [-0.39, 0.29) is 22.0 Å². The lowest BCUT2D eigenvalue weighted by atomic mass is 10.1. The number of carbonyl (C=O) groups excluding carboxylic acids is 2. The van der Waals surface area contributed by atoms with Crippen LogP contribution in [-0.2, 0) is 9.59 Å². The fourth-order valence-corrected chi connectivity index (χ4v) is 3.40. The van der Waals surface area contributed by atoms with Crippen molar-refractivity contribution < 1.29 is 27.5 Å². The molecule has 1 saturated heterocycles. The van der Waals surface area contributed by atoms with E-state index in [1.807, 2.05) is 0 Å². The monoisotopic (exact) mass is 373 g/mol. The quantitative estimate of drug-likeness (QED) is 0.752. The van der Waals surface area contributed by atoms with Gasteiger partial charge in [-0.3, -0.25) is 9.59 Å². The summed E-state index contributed by atoms with van der Waals surface area (Å²) < 4.78 is 40.1. The molecule has 0 atom stereocenters. The number of hydrogen-bond donors (Lipinski definition) is 0. The summed E-state index contributed by atoms with van der Waals surface area (Å²) in [6, 6.07) is 5.28. The zero-order chi connectivity index (χ0) is 18.4. The van der Waals surface area contributed by atoms with E-state index in [0.29, 0.717) is 18.7 Å². The highest BCUT2D eigenvalue weighted by molar-refractivity contribution is 8.14. The Morgan fingerprint density at radius 3 is 2.32 bits per heavy atom. The molecule has 0 N–H and O–H groups in total. The number of ether oxygens (including phenoxy) is 1. The summed E-state index contributed by atoms with van der Waals surface area (Å²) in [5.41, 5.74) is 0.602. The first-order chi connectivity index (χ1) is 11.7. The summed E-state index contributed by atoms with van der Waals surface area (Å²) in [5, 5.41) is 0.342. The Morgan fingerprint density at radius 2 is 1.80 bits per heavy atom. The topological polar surface area (TPSA) is 46.6 Å². The van der Waals surface area contributed by atoms with Gasteiger partial charge >= 0.3 is 6.36 Å². The number of rotatable bonds is 4. The molecule has 0 unspecified atom stereocenters. The van der Waals surface area contributed by atoms with E-state index >= 15 is 0 Å². The third-order valence-electron chi connectivity index (χ3n) is 3.62. The normalized spacial score (nSPS) is 16.2. The van der Waals surface area contributed by atoms with Crippen LogP contribution in [0.3, 0.4) is 0 Å². The number of hydrogen-bond acceptors (Lipinski definition) is 4. The van der Waals surface area contributed by atoms with E-state index in [0.717, 1.165) is 12.8 Å². The predicted molar refractivity (Wildman–Crippen MR) is 90.0 cm³/mol. The Kier molecular flexibility index (Phi) is 6.52. The summed E-state index contributed by atoms with van der Waals surface area (Å²) in [7, 11) is 0. The van der Waals surface area contributed by atoms with Crippen molar-refractivity contribution in [3.05, 3.63) is 35.9 Å². The number of carbonyl (C=O) groups is 2. The van der Waals surface area contributed by atoms with Crippen LogP contribution in [0.2, 0.25) is 0 Å². The number of benzene rings is 1. The molecule has 2 rings (SSSR count). The highest BCUT2D eigenvalue weighted by atomic mass is 32.2. The molecule has 0 bridgehead atoms. The van der Waals surface area contributed by atoms with Gasteiger partial charge in [-0.15, -0.1) is 13.2 Å². The predicted octanol–water partition coefficient (Wildman–Crippen LogP) is 3.87. The van der Waals surface area contributed by atoms with Crippen LogP contribution in [0.15, 0.2) is 30.3 Å². The van der Waals surface area contributed by atoms with Crippen molar-refractivity contribution in [1.29, 1.82) is 0 Å². The third-order valence-corrected chi connectivity index (χ3v) is 4.75. The molecule has 1 aromatic rings. The van der Waals surface area contributed by atoms with Crippen LogP contribution in [0.5, 0.6) is 5.75 Å². The lowest BCUT2D eigenvalue weighted by Crippen LogP contribution is -2.38. The maximum Gasteiger partial charge on any atom is 0.573 e. The molecule has 1 aliphatic rings. The summed E-state index contributed by atoms with van der Waals surface area (Å²) >= 11 is 1.32. The average Bonchev–Trinajstić information content (AvgIpc) is 2.52. The molecule has 0 saturated carbocycles. The molecule has 25 heavy (non-hydrogen) atoms. The second kappa shape index (κ2) is 8.42. The molecule has 0 aliphatic carbocycles. The van der Waals surface area contributed by atoms with E-state index in [1.165, 1.54) is 49.0 Å². The molecule has 0 spiro atoms. The summed E-state index contributed by atoms with van der Waals surface area (Å²) in [5.74, 6) is -0.456. The molecule has 1 heterocycles. The maximum atomic E-state index is 12.1. The van der Waals surface area contributed by atoms with Crippen LogP contribution in [0.25, 0.3) is 6.08 Å². The number of likely N-dealkylation sites (tertiary alicyclic amines) is 1. The molecule has 136 valence electrons. The van der Waals surface area contributed by atoms with E-state index in [1.54, 1.807) is 11.0 Å². The van der Waals surface area contributed by atoms with Crippen LogP contribution < -0.4 is 4.74 Å². The van der Waals surface area contributed by atoms with Crippen molar-refractivity contribution in [2.45, 2.75) is 31.4 Å². The third kappa shape index (κ3) is 6.81. The van der Waals surface area contributed by atoms with E-state index < -0.39 is 6.36 Å². The van der Waals surface area contributed by atoms with Gasteiger partial charge in [0.2, 0.25) is 5.91 Å². The number of halogens is 3. The first-order valence-corrected chi connectivity index (χ1v) is 8.61. The molecular formula is C17H18F3NO3S. The van der Waals surface area contributed by atoms with Crippen LogP contribution in [0.1, 0.15) is 25.3 Å². The Labute approximate surface area is 148 Å². The minimum absolute atomic E-state index is 0.0858. The van der Waals surface area contributed by atoms with Crippen LogP contribution >= 0.6 is 11.8 Å². The molecule has 0 aromatic heterocycles. The zero-order valence-corrected chi connectivity index (χ0v) is 14.4. The lowest BCUT2D eigenvalue weighted by Gasteiger charge is -2.30. The Hall–Kier alpha value is -1.96. The minimum Gasteiger partial charge on any atom is -0.406 e. The number of alkyl halides is 3. The van der Waals surface area contributed by atoms with Gasteiger partial charge in [-0.1, -0.05) is 23.9 Å². The van der Waals surface area contributed by atoms with Gasteiger partial charge in [0.25, 0.3) is 0 Å². The SMILES string of the molecule is CC(=O)SC1CCN(C(=O)C=Cc2ccc(OC(F)(F)F)cc2)CC1. The average molecular weight is 373 g/mol. The number of nitrogens with zero attached hydrogens (tertiary/aromatic N) is 1. The van der Waals surface area contributed by atoms with Gasteiger partial charge < -0.3 is 9.64 Å². The standard InChI is InChI=1S/C17H18F3NO3S/c1-12(22)25-15-8-10-21(11-9-15)16(23)7-4-13-2-5-14(6-3-13)24-17(18,19)20/h2-7,15H,8-11H2,1H3. The van der Waals surface area contributed by atoms with Crippen molar-refractivity contribution in [2.24, 2.45) is 0 Å². The number of thioether (sulfide) groups is 1.